The van der Waals surface area contributed by atoms with Gasteiger partial charge in [-0.05, 0) is 48.6 Å². The molecule has 0 saturated heterocycles. The van der Waals surface area contributed by atoms with Gasteiger partial charge in [0.2, 0.25) is 0 Å². The Hall–Kier alpha value is -2.24. The predicted molar refractivity (Wildman–Crippen MR) is 96.8 cm³/mol. The van der Waals surface area contributed by atoms with E-state index in [4.69, 9.17) is 11.6 Å². The van der Waals surface area contributed by atoms with Crippen LogP contribution in [-0.4, -0.2) is 15.9 Å². The lowest BCUT2D eigenvalue weighted by molar-refractivity contribution is 0.102. The van der Waals surface area contributed by atoms with E-state index in [1.807, 2.05) is 5.38 Å². The van der Waals surface area contributed by atoms with E-state index in [9.17, 15) is 4.79 Å². The van der Waals surface area contributed by atoms with Gasteiger partial charge in [0.05, 0.1) is 5.69 Å². The molecule has 3 aromatic rings. The number of benzene rings is 1. The molecule has 1 aliphatic rings. The molecule has 1 amide bonds. The first-order valence-corrected chi connectivity index (χ1v) is 8.95. The lowest BCUT2D eigenvalue weighted by Gasteiger charge is -2.03. The molecule has 1 N–H and O–H groups in total. The molecule has 2 aromatic heterocycles. The molecule has 2 heterocycles. The van der Waals surface area contributed by atoms with Crippen molar-refractivity contribution in [3.05, 3.63) is 63.8 Å². The second kappa shape index (κ2) is 6.34. The number of halogens is 1. The number of nitrogens with one attached hydrogen (secondary N) is 1. The molecule has 6 heteroatoms. The van der Waals surface area contributed by atoms with Crippen molar-refractivity contribution in [1.29, 1.82) is 0 Å². The highest BCUT2D eigenvalue weighted by Gasteiger charge is 2.14. The van der Waals surface area contributed by atoms with Crippen molar-refractivity contribution in [2.45, 2.75) is 19.3 Å². The fraction of sp³-hybridized carbons (Fsp3) is 0.167. The van der Waals surface area contributed by atoms with Crippen LogP contribution in [0.3, 0.4) is 0 Å². The van der Waals surface area contributed by atoms with E-state index in [-0.39, 0.29) is 11.6 Å². The van der Waals surface area contributed by atoms with Gasteiger partial charge in [-0.3, -0.25) is 15.1 Å². The maximum absolute atomic E-state index is 12.2. The second-order valence-electron chi connectivity index (χ2n) is 5.69. The molecule has 0 radical (unpaired) electrons. The first-order chi connectivity index (χ1) is 11.7. The van der Waals surface area contributed by atoms with Crippen LogP contribution in [0.5, 0.6) is 0 Å². The molecular formula is C18H14ClN3OS. The Kier molecular flexibility index (Phi) is 4.04. The Bertz CT molecular complexity index is 922. The molecule has 0 aliphatic heterocycles. The highest BCUT2D eigenvalue weighted by molar-refractivity contribution is 7.14. The maximum atomic E-state index is 12.2. The van der Waals surface area contributed by atoms with Crippen molar-refractivity contribution in [2.75, 3.05) is 5.32 Å². The minimum atomic E-state index is -0.313. The number of amides is 1. The number of pyridine rings is 1. The molecule has 4 nitrogen and oxygen atoms in total. The second-order valence-corrected chi connectivity index (χ2v) is 6.98. The Labute approximate surface area is 148 Å². The van der Waals surface area contributed by atoms with Crippen LogP contribution < -0.4 is 5.32 Å². The van der Waals surface area contributed by atoms with E-state index >= 15 is 0 Å². The first-order valence-electron chi connectivity index (χ1n) is 7.70. The molecular weight excluding hydrogens is 342 g/mol. The van der Waals surface area contributed by atoms with Crippen LogP contribution in [0.25, 0.3) is 11.3 Å². The third-order valence-electron chi connectivity index (χ3n) is 4.07. The Balaban J connectivity index is 1.53. The molecule has 0 bridgehead atoms. The largest absolute Gasteiger partial charge is 0.296 e. The van der Waals surface area contributed by atoms with Crippen molar-refractivity contribution in [3.8, 4) is 11.3 Å². The third kappa shape index (κ3) is 3.05. The Morgan fingerprint density at radius 2 is 2.04 bits per heavy atom. The average Bonchev–Trinajstić information content (AvgIpc) is 3.23. The minimum absolute atomic E-state index is 0.275. The van der Waals surface area contributed by atoms with Gasteiger partial charge in [0.15, 0.2) is 5.13 Å². The van der Waals surface area contributed by atoms with Gasteiger partial charge < -0.3 is 0 Å². The molecule has 0 fully saturated rings. The summed E-state index contributed by atoms with van der Waals surface area (Å²) >= 11 is 7.29. The summed E-state index contributed by atoms with van der Waals surface area (Å²) in [5.74, 6) is -0.313. The quantitative estimate of drug-likeness (QED) is 0.747. The molecule has 120 valence electrons. The Morgan fingerprint density at radius 3 is 2.92 bits per heavy atom. The number of hydrogen-bond donors (Lipinski definition) is 1. The normalized spacial score (nSPS) is 12.9. The number of rotatable bonds is 3. The molecule has 4 rings (SSSR count). The van der Waals surface area contributed by atoms with Gasteiger partial charge >= 0.3 is 0 Å². The number of carbonyl (C=O) groups is 1. The highest BCUT2D eigenvalue weighted by Crippen LogP contribution is 2.30. The van der Waals surface area contributed by atoms with Crippen molar-refractivity contribution < 1.29 is 4.79 Å². The van der Waals surface area contributed by atoms with Gasteiger partial charge in [-0.25, -0.2) is 4.98 Å². The van der Waals surface area contributed by atoms with E-state index in [0.29, 0.717) is 10.2 Å². The monoisotopic (exact) mass is 355 g/mol. The highest BCUT2D eigenvalue weighted by atomic mass is 35.5. The van der Waals surface area contributed by atoms with E-state index in [1.54, 1.807) is 6.07 Å². The Morgan fingerprint density at radius 1 is 1.17 bits per heavy atom. The number of fused-ring (bicyclic) bond motifs is 1. The summed E-state index contributed by atoms with van der Waals surface area (Å²) in [6.45, 7) is 0. The van der Waals surface area contributed by atoms with Crippen LogP contribution in [-0.2, 0) is 12.8 Å². The topological polar surface area (TPSA) is 54.9 Å². The summed E-state index contributed by atoms with van der Waals surface area (Å²) in [4.78, 5) is 20.7. The molecule has 0 atom stereocenters. The lowest BCUT2D eigenvalue weighted by atomic mass is 10.1. The number of aryl methyl sites for hydroxylation is 2. The number of anilines is 1. The lowest BCUT2D eigenvalue weighted by Crippen LogP contribution is -2.13. The molecule has 1 aromatic carbocycles. The predicted octanol–water partition coefficient (Wildman–Crippen LogP) is 4.60. The summed E-state index contributed by atoms with van der Waals surface area (Å²) in [6.07, 6.45) is 5.04. The van der Waals surface area contributed by atoms with Gasteiger partial charge in [-0.2, -0.15) is 0 Å². The number of carbonyl (C=O) groups excluding carboxylic acids is 1. The molecule has 0 spiro atoms. The van der Waals surface area contributed by atoms with Gasteiger partial charge in [-0.1, -0.05) is 23.7 Å². The summed E-state index contributed by atoms with van der Waals surface area (Å²) in [7, 11) is 0. The van der Waals surface area contributed by atoms with Crippen LogP contribution in [0.4, 0.5) is 5.13 Å². The van der Waals surface area contributed by atoms with Crippen molar-refractivity contribution in [1.82, 2.24) is 9.97 Å². The van der Waals surface area contributed by atoms with Crippen LogP contribution in [0.15, 0.2) is 41.9 Å². The minimum Gasteiger partial charge on any atom is -0.296 e. The molecule has 24 heavy (non-hydrogen) atoms. The summed E-state index contributed by atoms with van der Waals surface area (Å²) in [5.41, 5.74) is 5.10. The van der Waals surface area contributed by atoms with E-state index < -0.39 is 0 Å². The fourth-order valence-corrected chi connectivity index (χ4v) is 3.76. The van der Waals surface area contributed by atoms with Crippen molar-refractivity contribution >= 4 is 34.0 Å². The maximum Gasteiger partial charge on any atom is 0.276 e. The first kappa shape index (κ1) is 15.3. The fourth-order valence-electron chi connectivity index (χ4n) is 2.88. The average molecular weight is 356 g/mol. The van der Waals surface area contributed by atoms with Crippen molar-refractivity contribution in [3.63, 3.8) is 0 Å². The zero-order valence-corrected chi connectivity index (χ0v) is 14.3. The smallest absolute Gasteiger partial charge is 0.276 e. The van der Waals surface area contributed by atoms with Crippen LogP contribution in [0.1, 0.15) is 28.0 Å². The zero-order chi connectivity index (χ0) is 16.5. The van der Waals surface area contributed by atoms with Crippen LogP contribution in [0.2, 0.25) is 5.02 Å². The summed E-state index contributed by atoms with van der Waals surface area (Å²) in [6, 6.07) is 9.66. The van der Waals surface area contributed by atoms with Gasteiger partial charge in [0.25, 0.3) is 5.91 Å². The number of nitrogens with zero attached hydrogens (tertiary/aromatic N) is 2. The van der Waals surface area contributed by atoms with Gasteiger partial charge in [0, 0.05) is 22.2 Å². The summed E-state index contributed by atoms with van der Waals surface area (Å²) in [5, 5.41) is 5.76. The van der Waals surface area contributed by atoms with Crippen LogP contribution in [0, 0.1) is 0 Å². The van der Waals surface area contributed by atoms with Crippen molar-refractivity contribution in [2.24, 2.45) is 0 Å². The molecule has 0 unspecified atom stereocenters. The standard InChI is InChI=1S/C18H14ClN3OS/c19-14-6-7-20-15(9-14)17(23)22-18-21-16(10-24-18)13-5-4-11-2-1-3-12(11)8-13/h4-10H,1-3H2,(H,21,22,23). The number of aromatic nitrogens is 2. The summed E-state index contributed by atoms with van der Waals surface area (Å²) < 4.78 is 0. The number of thiazole rings is 1. The van der Waals surface area contributed by atoms with E-state index in [1.165, 1.54) is 47.6 Å². The van der Waals surface area contributed by atoms with Gasteiger partial charge in [-0.15, -0.1) is 11.3 Å². The molecule has 1 aliphatic carbocycles. The van der Waals surface area contributed by atoms with Gasteiger partial charge in [0.1, 0.15) is 5.69 Å². The molecule has 0 saturated carbocycles. The SMILES string of the molecule is O=C(Nc1nc(-c2ccc3c(c2)CCC3)cs1)c1cc(Cl)ccn1. The van der Waals surface area contributed by atoms with E-state index in [2.05, 4.69) is 33.5 Å². The zero-order valence-electron chi connectivity index (χ0n) is 12.8. The van der Waals surface area contributed by atoms with Crippen LogP contribution >= 0.6 is 22.9 Å². The van der Waals surface area contributed by atoms with E-state index in [0.717, 1.165) is 17.7 Å². The third-order valence-corrected chi connectivity index (χ3v) is 5.07. The number of hydrogen-bond acceptors (Lipinski definition) is 4.